The van der Waals surface area contributed by atoms with Gasteiger partial charge in [0.05, 0.1) is 28.5 Å². The van der Waals surface area contributed by atoms with E-state index in [-0.39, 0.29) is 24.6 Å². The Kier molecular flexibility index (Phi) is 7.70. The number of anilines is 2. The molecule has 39 heavy (non-hydrogen) atoms. The summed E-state index contributed by atoms with van der Waals surface area (Å²) in [6.45, 7) is 6.31. The average molecular weight is 560 g/mol. The lowest BCUT2D eigenvalue weighted by Gasteiger charge is -2.28. The fraction of sp³-hybridized carbons (Fsp3) is 0.233. The number of benzene rings is 2. The topological polar surface area (TPSA) is 71.4 Å². The van der Waals surface area contributed by atoms with E-state index in [4.69, 9.17) is 28.6 Å². The molecule has 5 rings (SSSR count). The van der Waals surface area contributed by atoms with Crippen LogP contribution in [-0.4, -0.2) is 34.3 Å². The lowest BCUT2D eigenvalue weighted by atomic mass is 9.96. The number of aromatic nitrogens is 2. The fourth-order valence-corrected chi connectivity index (χ4v) is 5.84. The van der Waals surface area contributed by atoms with Crippen LogP contribution < -0.4 is 15.5 Å². The largest absolute Gasteiger partial charge is 0.375 e. The molecule has 1 saturated heterocycles. The molecule has 1 fully saturated rings. The molecule has 0 saturated carbocycles. The number of amides is 1. The number of hydrogen-bond donors (Lipinski definition) is 2. The molecule has 3 heterocycles. The predicted octanol–water partition coefficient (Wildman–Crippen LogP) is 6.21. The third-order valence-electron chi connectivity index (χ3n) is 6.93. The van der Waals surface area contributed by atoms with Crippen molar-refractivity contribution < 1.29 is 9.53 Å². The fourth-order valence-electron chi connectivity index (χ4n) is 5.27. The van der Waals surface area contributed by atoms with E-state index in [0.717, 1.165) is 34.0 Å². The van der Waals surface area contributed by atoms with Gasteiger partial charge in [-0.15, -0.1) is 0 Å². The van der Waals surface area contributed by atoms with Crippen LogP contribution in [0.2, 0.25) is 5.02 Å². The van der Waals surface area contributed by atoms with E-state index in [2.05, 4.69) is 76.2 Å². The average Bonchev–Trinajstić information content (AvgIpc) is 3.40. The Hall–Kier alpha value is -3.72. The van der Waals surface area contributed by atoms with Crippen molar-refractivity contribution in [3.8, 4) is 5.69 Å². The molecular formula is C30H30ClN5O2S. The number of halogens is 1. The van der Waals surface area contributed by atoms with Gasteiger partial charge in [-0.2, -0.15) is 0 Å². The van der Waals surface area contributed by atoms with Crippen LogP contribution in [-0.2, 0) is 9.53 Å². The van der Waals surface area contributed by atoms with Gasteiger partial charge in [0, 0.05) is 36.1 Å². The van der Waals surface area contributed by atoms with Crippen LogP contribution in [0.3, 0.4) is 0 Å². The summed E-state index contributed by atoms with van der Waals surface area (Å²) in [5.74, 6) is -0.276. The van der Waals surface area contributed by atoms with Crippen molar-refractivity contribution in [3.63, 3.8) is 0 Å². The zero-order valence-corrected chi connectivity index (χ0v) is 23.8. The van der Waals surface area contributed by atoms with Crippen LogP contribution in [0.1, 0.15) is 40.3 Å². The number of aryl methyl sites for hydroxylation is 2. The number of nitrogens with one attached hydrogen (secondary N) is 2. The SMILES string of the molecule is COCC(=O)Nc1ccc(N2C(=S)NC(c3ccccn3)C2c2cc(C)n(-c3cccc(C)c3)c2C)cc1Cl. The Bertz CT molecular complexity index is 1540. The van der Waals surface area contributed by atoms with Crippen molar-refractivity contribution in [2.24, 2.45) is 0 Å². The standard InChI is InChI=1S/C30H30ClN5O2S/c1-18-8-7-9-21(14-18)35-19(2)15-23(20(35)3)29-28(26-10-5-6-13-32-26)34-30(39)36(29)22-11-12-25(24(31)16-22)33-27(37)17-38-4/h5-16,28-29H,17H2,1-4H3,(H,33,37)(H,34,39). The summed E-state index contributed by atoms with van der Waals surface area (Å²) in [6, 6.07) is 21.8. The number of carbonyl (C=O) groups excluding carboxylic acids is 1. The van der Waals surface area contributed by atoms with Gasteiger partial charge in [0.1, 0.15) is 6.61 Å². The molecule has 1 aliphatic rings. The van der Waals surface area contributed by atoms with Crippen molar-refractivity contribution in [2.75, 3.05) is 23.9 Å². The van der Waals surface area contributed by atoms with Crippen molar-refractivity contribution in [2.45, 2.75) is 32.9 Å². The number of hydrogen-bond acceptors (Lipinski definition) is 4. The van der Waals surface area contributed by atoms with Gasteiger partial charge in [-0.05, 0) is 92.6 Å². The lowest BCUT2D eigenvalue weighted by Crippen LogP contribution is -2.29. The molecule has 0 aliphatic carbocycles. The monoisotopic (exact) mass is 559 g/mol. The molecule has 1 amide bonds. The molecule has 0 spiro atoms. The Morgan fingerprint density at radius 1 is 1.08 bits per heavy atom. The van der Waals surface area contributed by atoms with Gasteiger partial charge in [0.25, 0.3) is 0 Å². The minimum absolute atomic E-state index is 0.0530. The first-order valence-electron chi connectivity index (χ1n) is 12.6. The Balaban J connectivity index is 1.61. The quantitative estimate of drug-likeness (QED) is 0.262. The molecule has 0 bridgehead atoms. The van der Waals surface area contributed by atoms with Crippen molar-refractivity contribution >= 4 is 46.2 Å². The third-order valence-corrected chi connectivity index (χ3v) is 7.55. The molecule has 7 nitrogen and oxygen atoms in total. The predicted molar refractivity (Wildman–Crippen MR) is 160 cm³/mol. The summed E-state index contributed by atoms with van der Waals surface area (Å²) in [5, 5.41) is 7.28. The smallest absolute Gasteiger partial charge is 0.250 e. The van der Waals surface area contributed by atoms with Gasteiger partial charge in [0.2, 0.25) is 5.91 Å². The normalized spacial score (nSPS) is 16.8. The first kappa shape index (κ1) is 26.9. The van der Waals surface area contributed by atoms with Gasteiger partial charge >= 0.3 is 0 Å². The zero-order valence-electron chi connectivity index (χ0n) is 22.2. The number of ether oxygens (including phenoxy) is 1. The van der Waals surface area contributed by atoms with E-state index in [1.54, 1.807) is 12.3 Å². The summed E-state index contributed by atoms with van der Waals surface area (Å²) < 4.78 is 7.19. The van der Waals surface area contributed by atoms with Crippen LogP contribution in [0.25, 0.3) is 5.69 Å². The first-order chi connectivity index (χ1) is 18.8. The van der Waals surface area contributed by atoms with Crippen molar-refractivity contribution in [1.82, 2.24) is 14.9 Å². The van der Waals surface area contributed by atoms with Crippen LogP contribution >= 0.6 is 23.8 Å². The maximum Gasteiger partial charge on any atom is 0.250 e. The van der Waals surface area contributed by atoms with Gasteiger partial charge in [-0.1, -0.05) is 29.8 Å². The Labute approximate surface area is 238 Å². The second-order valence-electron chi connectivity index (χ2n) is 9.64. The molecule has 4 aromatic rings. The van der Waals surface area contributed by atoms with Gasteiger partial charge in [-0.3, -0.25) is 9.78 Å². The maximum atomic E-state index is 12.1. The van der Waals surface area contributed by atoms with E-state index in [1.165, 1.54) is 12.7 Å². The zero-order chi connectivity index (χ0) is 27.7. The molecule has 0 radical (unpaired) electrons. The Morgan fingerprint density at radius 3 is 2.59 bits per heavy atom. The number of nitrogens with zero attached hydrogens (tertiary/aromatic N) is 3. The highest BCUT2D eigenvalue weighted by Crippen LogP contribution is 2.44. The van der Waals surface area contributed by atoms with Crippen LogP contribution in [0.5, 0.6) is 0 Å². The minimum Gasteiger partial charge on any atom is -0.375 e. The summed E-state index contributed by atoms with van der Waals surface area (Å²) in [7, 11) is 1.47. The molecule has 2 unspecified atom stereocenters. The van der Waals surface area contributed by atoms with E-state index in [1.807, 2.05) is 30.3 Å². The summed E-state index contributed by atoms with van der Waals surface area (Å²) in [5.41, 5.74) is 7.90. The highest BCUT2D eigenvalue weighted by atomic mass is 35.5. The van der Waals surface area contributed by atoms with Crippen molar-refractivity contribution in [1.29, 1.82) is 0 Å². The van der Waals surface area contributed by atoms with Gasteiger partial charge in [-0.25, -0.2) is 0 Å². The number of carbonyl (C=O) groups is 1. The highest BCUT2D eigenvalue weighted by Gasteiger charge is 2.42. The van der Waals surface area contributed by atoms with E-state index in [0.29, 0.717) is 15.8 Å². The number of thiocarbonyl (C=S) groups is 1. The van der Waals surface area contributed by atoms with E-state index < -0.39 is 0 Å². The summed E-state index contributed by atoms with van der Waals surface area (Å²) in [6.07, 6.45) is 1.80. The van der Waals surface area contributed by atoms with Gasteiger partial charge < -0.3 is 24.8 Å². The molecule has 9 heteroatoms. The maximum absolute atomic E-state index is 12.1. The summed E-state index contributed by atoms with van der Waals surface area (Å²) in [4.78, 5) is 18.8. The molecule has 2 aromatic heterocycles. The van der Waals surface area contributed by atoms with Crippen LogP contribution in [0, 0.1) is 20.8 Å². The van der Waals surface area contributed by atoms with Crippen molar-refractivity contribution in [3.05, 3.63) is 106 Å². The van der Waals surface area contributed by atoms with Gasteiger partial charge in [0.15, 0.2) is 5.11 Å². The highest BCUT2D eigenvalue weighted by molar-refractivity contribution is 7.80. The second kappa shape index (κ2) is 11.2. The lowest BCUT2D eigenvalue weighted by molar-refractivity contribution is -0.119. The number of pyridine rings is 1. The third kappa shape index (κ3) is 5.28. The molecule has 1 aliphatic heterocycles. The molecule has 2 atom stereocenters. The van der Waals surface area contributed by atoms with Crippen LogP contribution in [0.4, 0.5) is 11.4 Å². The van der Waals surface area contributed by atoms with E-state index in [9.17, 15) is 4.79 Å². The minimum atomic E-state index is -0.276. The first-order valence-corrected chi connectivity index (χ1v) is 13.4. The van der Waals surface area contributed by atoms with E-state index >= 15 is 0 Å². The number of rotatable bonds is 7. The molecule has 2 N–H and O–H groups in total. The number of methoxy groups -OCH3 is 1. The Morgan fingerprint density at radius 2 is 1.90 bits per heavy atom. The molecule has 200 valence electrons. The summed E-state index contributed by atoms with van der Waals surface area (Å²) >= 11 is 12.5. The molecular weight excluding hydrogens is 530 g/mol. The molecule has 2 aromatic carbocycles. The second-order valence-corrected chi connectivity index (χ2v) is 10.4. The van der Waals surface area contributed by atoms with Crippen LogP contribution in [0.15, 0.2) is 72.9 Å².